The van der Waals surface area contributed by atoms with E-state index in [0.29, 0.717) is 29.3 Å². The molecular formula is C14H13N3O3. The highest BCUT2D eigenvalue weighted by Crippen LogP contribution is 2.23. The van der Waals surface area contributed by atoms with Crippen LogP contribution in [0.3, 0.4) is 0 Å². The van der Waals surface area contributed by atoms with Crippen LogP contribution < -0.4 is 0 Å². The minimum Gasteiger partial charge on any atom is -0.339 e. The van der Waals surface area contributed by atoms with Crippen molar-refractivity contribution in [3.05, 3.63) is 47.1 Å². The highest BCUT2D eigenvalue weighted by molar-refractivity contribution is 6.21. The van der Waals surface area contributed by atoms with E-state index in [1.54, 1.807) is 24.3 Å². The van der Waals surface area contributed by atoms with Gasteiger partial charge in [-0.15, -0.1) is 0 Å². The maximum absolute atomic E-state index is 12.2. The van der Waals surface area contributed by atoms with Gasteiger partial charge in [-0.2, -0.15) is 4.98 Å². The summed E-state index contributed by atoms with van der Waals surface area (Å²) >= 11 is 0. The third-order valence-corrected chi connectivity index (χ3v) is 3.15. The average molecular weight is 271 g/mol. The maximum atomic E-state index is 12.2. The van der Waals surface area contributed by atoms with Crippen LogP contribution in [0, 0.1) is 0 Å². The molecule has 0 unspecified atom stereocenters. The molecule has 2 heterocycles. The molecule has 3 rings (SSSR count). The van der Waals surface area contributed by atoms with Crippen molar-refractivity contribution in [2.75, 3.05) is 0 Å². The molecule has 0 bridgehead atoms. The van der Waals surface area contributed by atoms with Crippen molar-refractivity contribution in [3.8, 4) is 0 Å². The lowest BCUT2D eigenvalue weighted by Crippen LogP contribution is -2.29. The van der Waals surface area contributed by atoms with Gasteiger partial charge in [-0.1, -0.05) is 24.2 Å². The zero-order chi connectivity index (χ0) is 14.1. The van der Waals surface area contributed by atoms with Gasteiger partial charge >= 0.3 is 0 Å². The van der Waals surface area contributed by atoms with E-state index in [1.807, 2.05) is 6.92 Å². The summed E-state index contributed by atoms with van der Waals surface area (Å²) < 4.78 is 5.05. The fourth-order valence-corrected chi connectivity index (χ4v) is 2.19. The van der Waals surface area contributed by atoms with Crippen LogP contribution in [-0.4, -0.2) is 26.9 Å². The van der Waals surface area contributed by atoms with Crippen LogP contribution in [0.4, 0.5) is 0 Å². The molecule has 6 heteroatoms. The van der Waals surface area contributed by atoms with Gasteiger partial charge in [-0.3, -0.25) is 14.5 Å². The summed E-state index contributed by atoms with van der Waals surface area (Å²) in [4.78, 5) is 29.6. The van der Waals surface area contributed by atoms with Gasteiger partial charge in [-0.05, 0) is 18.6 Å². The Labute approximate surface area is 115 Å². The predicted octanol–water partition coefficient (Wildman–Crippen LogP) is 1.82. The molecule has 0 N–H and O–H groups in total. The van der Waals surface area contributed by atoms with Crippen molar-refractivity contribution < 1.29 is 14.1 Å². The van der Waals surface area contributed by atoms with Crippen LogP contribution in [0.15, 0.2) is 28.8 Å². The van der Waals surface area contributed by atoms with Gasteiger partial charge < -0.3 is 4.52 Å². The lowest BCUT2D eigenvalue weighted by Gasteiger charge is -2.10. The third-order valence-electron chi connectivity index (χ3n) is 3.15. The molecule has 0 saturated heterocycles. The van der Waals surface area contributed by atoms with Crippen LogP contribution in [0.25, 0.3) is 0 Å². The first-order chi connectivity index (χ1) is 9.70. The van der Waals surface area contributed by atoms with E-state index in [0.717, 1.165) is 11.3 Å². The van der Waals surface area contributed by atoms with Crippen LogP contribution in [0.2, 0.25) is 0 Å². The second-order valence-corrected chi connectivity index (χ2v) is 4.60. The Bertz CT molecular complexity index is 643. The first-order valence-electron chi connectivity index (χ1n) is 6.47. The maximum Gasteiger partial charge on any atom is 0.261 e. The molecule has 0 saturated carbocycles. The number of benzene rings is 1. The minimum atomic E-state index is -0.313. The number of aryl methyl sites for hydroxylation is 1. The van der Waals surface area contributed by atoms with Crippen LogP contribution in [0.5, 0.6) is 0 Å². The summed E-state index contributed by atoms with van der Waals surface area (Å²) in [7, 11) is 0. The number of fused-ring (bicyclic) bond motifs is 1. The number of hydrogen-bond acceptors (Lipinski definition) is 5. The summed E-state index contributed by atoms with van der Waals surface area (Å²) in [5.74, 6) is 0.252. The SMILES string of the molecule is CCCc1nc(CN2C(=O)c3ccccc3C2=O)no1. The Hall–Kier alpha value is -2.50. The van der Waals surface area contributed by atoms with E-state index in [-0.39, 0.29) is 18.4 Å². The Balaban J connectivity index is 1.82. The van der Waals surface area contributed by atoms with Crippen LogP contribution in [0.1, 0.15) is 45.8 Å². The molecule has 1 aliphatic heterocycles. The van der Waals surface area contributed by atoms with Gasteiger partial charge in [0.15, 0.2) is 5.82 Å². The number of carbonyl (C=O) groups is 2. The zero-order valence-corrected chi connectivity index (χ0v) is 11.0. The van der Waals surface area contributed by atoms with Crippen molar-refractivity contribution in [2.24, 2.45) is 0 Å². The number of nitrogens with zero attached hydrogens (tertiary/aromatic N) is 3. The molecule has 2 aromatic rings. The number of amides is 2. The van der Waals surface area contributed by atoms with E-state index < -0.39 is 0 Å². The molecular weight excluding hydrogens is 258 g/mol. The zero-order valence-electron chi connectivity index (χ0n) is 11.0. The number of aromatic nitrogens is 2. The highest BCUT2D eigenvalue weighted by Gasteiger charge is 2.35. The fourth-order valence-electron chi connectivity index (χ4n) is 2.19. The summed E-state index contributed by atoms with van der Waals surface area (Å²) in [5.41, 5.74) is 0.851. The normalized spacial score (nSPS) is 13.9. The number of rotatable bonds is 4. The van der Waals surface area contributed by atoms with Gasteiger partial charge in [0.1, 0.15) is 0 Å². The molecule has 1 aromatic heterocycles. The predicted molar refractivity (Wildman–Crippen MR) is 68.9 cm³/mol. The lowest BCUT2D eigenvalue weighted by atomic mass is 10.1. The van der Waals surface area contributed by atoms with E-state index in [2.05, 4.69) is 10.1 Å². The smallest absolute Gasteiger partial charge is 0.261 e. The molecule has 2 amide bonds. The van der Waals surface area contributed by atoms with Gasteiger partial charge in [0.25, 0.3) is 11.8 Å². The Kier molecular flexibility index (Phi) is 3.06. The summed E-state index contributed by atoms with van der Waals surface area (Å²) in [6, 6.07) is 6.77. The van der Waals surface area contributed by atoms with Crippen LogP contribution >= 0.6 is 0 Å². The largest absolute Gasteiger partial charge is 0.339 e. The van der Waals surface area contributed by atoms with Crippen LogP contribution in [-0.2, 0) is 13.0 Å². The van der Waals surface area contributed by atoms with E-state index in [4.69, 9.17) is 4.52 Å². The molecule has 0 aliphatic carbocycles. The van der Waals surface area contributed by atoms with Gasteiger partial charge in [0.05, 0.1) is 17.7 Å². The molecule has 0 fully saturated rings. The van der Waals surface area contributed by atoms with Crippen molar-refractivity contribution in [3.63, 3.8) is 0 Å². The Morgan fingerprint density at radius 1 is 1.15 bits per heavy atom. The quantitative estimate of drug-likeness (QED) is 0.793. The number of carbonyl (C=O) groups excluding carboxylic acids is 2. The monoisotopic (exact) mass is 271 g/mol. The molecule has 20 heavy (non-hydrogen) atoms. The fraction of sp³-hybridized carbons (Fsp3) is 0.286. The standard InChI is InChI=1S/C14H13N3O3/c1-2-5-12-15-11(16-20-12)8-17-13(18)9-6-3-4-7-10(9)14(17)19/h3-4,6-7H,2,5,8H2,1H3. The Morgan fingerprint density at radius 2 is 1.80 bits per heavy atom. The molecule has 1 aromatic carbocycles. The molecule has 0 radical (unpaired) electrons. The van der Waals surface area contributed by atoms with Crippen molar-refractivity contribution in [2.45, 2.75) is 26.3 Å². The summed E-state index contributed by atoms with van der Waals surface area (Å²) in [6.45, 7) is 2.05. The van der Waals surface area contributed by atoms with Gasteiger partial charge in [0, 0.05) is 6.42 Å². The molecule has 102 valence electrons. The molecule has 0 atom stereocenters. The first kappa shape index (κ1) is 12.5. The van der Waals surface area contributed by atoms with Crippen molar-refractivity contribution in [1.82, 2.24) is 15.0 Å². The summed E-state index contributed by atoms with van der Waals surface area (Å²) in [6.07, 6.45) is 1.59. The van der Waals surface area contributed by atoms with E-state index in [9.17, 15) is 9.59 Å². The molecule has 6 nitrogen and oxygen atoms in total. The Morgan fingerprint density at radius 3 is 2.40 bits per heavy atom. The second kappa shape index (κ2) is 4.88. The molecule has 0 spiro atoms. The van der Waals surface area contributed by atoms with Gasteiger partial charge in [-0.25, -0.2) is 0 Å². The van der Waals surface area contributed by atoms with Crippen molar-refractivity contribution in [1.29, 1.82) is 0 Å². The molecule has 1 aliphatic rings. The second-order valence-electron chi connectivity index (χ2n) is 4.60. The van der Waals surface area contributed by atoms with E-state index >= 15 is 0 Å². The third kappa shape index (κ3) is 1.99. The first-order valence-corrected chi connectivity index (χ1v) is 6.47. The number of hydrogen-bond donors (Lipinski definition) is 0. The van der Waals surface area contributed by atoms with Gasteiger partial charge in [0.2, 0.25) is 5.89 Å². The topological polar surface area (TPSA) is 76.3 Å². The highest BCUT2D eigenvalue weighted by atomic mass is 16.5. The average Bonchev–Trinajstić information content (AvgIpc) is 2.99. The van der Waals surface area contributed by atoms with E-state index in [1.165, 1.54) is 0 Å². The number of imide groups is 1. The minimum absolute atomic E-state index is 0.0412. The van der Waals surface area contributed by atoms with Crippen molar-refractivity contribution >= 4 is 11.8 Å². The summed E-state index contributed by atoms with van der Waals surface area (Å²) in [5, 5.41) is 3.80. The lowest BCUT2D eigenvalue weighted by molar-refractivity contribution is 0.0637.